The quantitative estimate of drug-likeness (QED) is 0.693. The smallest absolute Gasteiger partial charge is 0.241 e. The van der Waals surface area contributed by atoms with Gasteiger partial charge in [0.25, 0.3) is 0 Å². The normalized spacial score (nSPS) is 26.7. The fourth-order valence-electron chi connectivity index (χ4n) is 1.33. The van der Waals surface area contributed by atoms with Crippen molar-refractivity contribution in [2.24, 2.45) is 11.8 Å². The zero-order valence-electron chi connectivity index (χ0n) is 6.52. The first kappa shape index (κ1) is 11.1. The number of nitrogens with one attached hydrogen (secondary N) is 1. The van der Waals surface area contributed by atoms with Crippen LogP contribution in [0.5, 0.6) is 0 Å². The Kier molecular flexibility index (Phi) is 4.93. The Balaban J connectivity index is 0.000001000. The second-order valence-electron chi connectivity index (χ2n) is 2.95. The first-order chi connectivity index (χ1) is 4.72. The molecule has 0 bridgehead atoms. The van der Waals surface area contributed by atoms with Crippen molar-refractivity contribution in [3.05, 3.63) is 0 Å². The van der Waals surface area contributed by atoms with Gasteiger partial charge in [-0.25, -0.2) is 8.78 Å². The van der Waals surface area contributed by atoms with Crippen molar-refractivity contribution >= 4 is 12.4 Å². The van der Waals surface area contributed by atoms with E-state index in [1.165, 1.54) is 0 Å². The summed E-state index contributed by atoms with van der Waals surface area (Å²) < 4.78 is 24.1. The molecule has 1 fully saturated rings. The third kappa shape index (κ3) is 2.91. The summed E-state index contributed by atoms with van der Waals surface area (Å²) >= 11 is 0. The Hall–Kier alpha value is 0.110. The number of rotatable bonds is 2. The first-order valence-electron chi connectivity index (χ1n) is 3.70. The molecule has 11 heavy (non-hydrogen) atoms. The molecule has 0 saturated carbocycles. The highest BCUT2D eigenvalue weighted by molar-refractivity contribution is 5.85. The molecule has 0 radical (unpaired) electrons. The van der Waals surface area contributed by atoms with Crippen molar-refractivity contribution in [1.82, 2.24) is 5.32 Å². The summed E-state index contributed by atoms with van der Waals surface area (Å²) in [5, 5.41) is 3.07. The molecule has 1 nitrogen and oxygen atoms in total. The van der Waals surface area contributed by atoms with Crippen molar-refractivity contribution in [2.45, 2.75) is 19.8 Å². The molecule has 1 heterocycles. The summed E-state index contributed by atoms with van der Waals surface area (Å²) in [5.74, 6) is -0.241. The van der Waals surface area contributed by atoms with E-state index in [9.17, 15) is 8.78 Å². The zero-order valence-corrected chi connectivity index (χ0v) is 7.33. The minimum Gasteiger partial charge on any atom is -0.316 e. The van der Waals surface area contributed by atoms with Crippen LogP contribution < -0.4 is 5.32 Å². The molecule has 4 heteroatoms. The predicted molar refractivity (Wildman–Crippen MR) is 43.4 cm³/mol. The Morgan fingerprint density at radius 3 is 2.45 bits per heavy atom. The van der Waals surface area contributed by atoms with E-state index in [0.717, 1.165) is 19.5 Å². The molecule has 2 unspecified atom stereocenters. The first-order valence-corrected chi connectivity index (χ1v) is 3.70. The van der Waals surface area contributed by atoms with Crippen LogP contribution in [0.15, 0.2) is 0 Å². The third-order valence-electron chi connectivity index (χ3n) is 2.24. The molecule has 2 atom stereocenters. The Bertz CT molecular complexity index is 105. The van der Waals surface area contributed by atoms with E-state index in [-0.39, 0.29) is 18.3 Å². The highest BCUT2D eigenvalue weighted by Gasteiger charge is 2.27. The SMILES string of the molecule is CC(C(F)F)C1CCNC1.Cl. The van der Waals surface area contributed by atoms with Gasteiger partial charge in [-0.15, -0.1) is 12.4 Å². The molecular formula is C7H14ClF2N. The van der Waals surface area contributed by atoms with E-state index in [2.05, 4.69) is 5.32 Å². The van der Waals surface area contributed by atoms with E-state index in [1.807, 2.05) is 0 Å². The molecule has 0 aromatic heterocycles. The van der Waals surface area contributed by atoms with Gasteiger partial charge in [-0.1, -0.05) is 6.92 Å². The molecule has 1 saturated heterocycles. The number of hydrogen-bond acceptors (Lipinski definition) is 1. The molecule has 0 aromatic carbocycles. The fraction of sp³-hybridized carbons (Fsp3) is 1.00. The van der Waals surface area contributed by atoms with Crippen LogP contribution in [0.3, 0.4) is 0 Å². The van der Waals surface area contributed by atoms with Gasteiger partial charge in [0.15, 0.2) is 0 Å². The standard InChI is InChI=1S/C7H13F2N.ClH/c1-5(7(8)9)6-2-3-10-4-6;/h5-7,10H,2-4H2,1H3;1H. The van der Waals surface area contributed by atoms with Crippen LogP contribution in [0.25, 0.3) is 0 Å². The lowest BCUT2D eigenvalue weighted by atomic mass is 9.94. The minimum atomic E-state index is -2.15. The van der Waals surface area contributed by atoms with Crippen LogP contribution in [-0.4, -0.2) is 19.5 Å². The van der Waals surface area contributed by atoms with Gasteiger partial charge in [0.1, 0.15) is 0 Å². The van der Waals surface area contributed by atoms with Crippen molar-refractivity contribution < 1.29 is 8.78 Å². The van der Waals surface area contributed by atoms with Crippen LogP contribution in [0.2, 0.25) is 0 Å². The number of halogens is 3. The highest BCUT2D eigenvalue weighted by atomic mass is 35.5. The minimum absolute atomic E-state index is 0. The molecule has 0 amide bonds. The average Bonchev–Trinajstić information content (AvgIpc) is 2.36. The molecular weight excluding hydrogens is 172 g/mol. The second-order valence-corrected chi connectivity index (χ2v) is 2.95. The van der Waals surface area contributed by atoms with Gasteiger partial charge in [-0.3, -0.25) is 0 Å². The molecule has 0 aromatic rings. The fourth-order valence-corrected chi connectivity index (χ4v) is 1.33. The van der Waals surface area contributed by atoms with Crippen LogP contribution in [0, 0.1) is 11.8 Å². The third-order valence-corrected chi connectivity index (χ3v) is 2.24. The second kappa shape index (κ2) is 4.88. The van der Waals surface area contributed by atoms with E-state index in [1.54, 1.807) is 6.92 Å². The van der Waals surface area contributed by atoms with Crippen molar-refractivity contribution in [3.63, 3.8) is 0 Å². The van der Waals surface area contributed by atoms with Gasteiger partial charge in [-0.05, 0) is 25.4 Å². The van der Waals surface area contributed by atoms with Gasteiger partial charge in [-0.2, -0.15) is 0 Å². The van der Waals surface area contributed by atoms with Gasteiger partial charge in [0, 0.05) is 5.92 Å². The summed E-state index contributed by atoms with van der Waals surface area (Å²) in [6.45, 7) is 3.30. The van der Waals surface area contributed by atoms with Gasteiger partial charge >= 0.3 is 0 Å². The van der Waals surface area contributed by atoms with Crippen molar-refractivity contribution in [1.29, 1.82) is 0 Å². The molecule has 1 rings (SSSR count). The molecule has 1 N–H and O–H groups in total. The summed E-state index contributed by atoms with van der Waals surface area (Å²) in [7, 11) is 0. The summed E-state index contributed by atoms with van der Waals surface area (Å²) in [6.07, 6.45) is -1.24. The maximum Gasteiger partial charge on any atom is 0.241 e. The summed E-state index contributed by atoms with van der Waals surface area (Å²) in [5.41, 5.74) is 0. The lowest BCUT2D eigenvalue weighted by Crippen LogP contribution is -2.21. The molecule has 68 valence electrons. The molecule has 1 aliphatic heterocycles. The van der Waals surface area contributed by atoms with Crippen LogP contribution in [0.1, 0.15) is 13.3 Å². The largest absolute Gasteiger partial charge is 0.316 e. The highest BCUT2D eigenvalue weighted by Crippen LogP contribution is 2.23. The topological polar surface area (TPSA) is 12.0 Å². The van der Waals surface area contributed by atoms with E-state index >= 15 is 0 Å². The zero-order chi connectivity index (χ0) is 7.56. The van der Waals surface area contributed by atoms with Crippen LogP contribution in [0.4, 0.5) is 8.78 Å². The molecule has 0 aliphatic carbocycles. The Morgan fingerprint density at radius 2 is 2.09 bits per heavy atom. The van der Waals surface area contributed by atoms with Crippen LogP contribution in [-0.2, 0) is 0 Å². The van der Waals surface area contributed by atoms with E-state index < -0.39 is 12.3 Å². The Morgan fingerprint density at radius 1 is 1.45 bits per heavy atom. The maximum absolute atomic E-state index is 12.1. The number of alkyl halides is 2. The molecule has 0 spiro atoms. The van der Waals surface area contributed by atoms with Gasteiger partial charge in [0.05, 0.1) is 0 Å². The lowest BCUT2D eigenvalue weighted by Gasteiger charge is -2.16. The summed E-state index contributed by atoms with van der Waals surface area (Å²) in [4.78, 5) is 0. The Labute approximate surface area is 72.0 Å². The van der Waals surface area contributed by atoms with E-state index in [4.69, 9.17) is 0 Å². The predicted octanol–water partition coefficient (Wildman–Crippen LogP) is 1.92. The molecule has 1 aliphatic rings. The van der Waals surface area contributed by atoms with E-state index in [0.29, 0.717) is 0 Å². The summed E-state index contributed by atoms with van der Waals surface area (Å²) in [6, 6.07) is 0. The number of hydrogen-bond donors (Lipinski definition) is 1. The monoisotopic (exact) mass is 185 g/mol. The maximum atomic E-state index is 12.1. The lowest BCUT2D eigenvalue weighted by molar-refractivity contribution is 0.0584. The van der Waals surface area contributed by atoms with Crippen molar-refractivity contribution in [3.8, 4) is 0 Å². The van der Waals surface area contributed by atoms with Crippen molar-refractivity contribution in [2.75, 3.05) is 13.1 Å². The average molecular weight is 186 g/mol. The van der Waals surface area contributed by atoms with Gasteiger partial charge < -0.3 is 5.32 Å². The van der Waals surface area contributed by atoms with Gasteiger partial charge in [0.2, 0.25) is 6.43 Å². The van der Waals surface area contributed by atoms with Crippen LogP contribution >= 0.6 is 12.4 Å².